The van der Waals surface area contributed by atoms with Gasteiger partial charge in [0.1, 0.15) is 5.54 Å². The second-order valence-corrected chi connectivity index (χ2v) is 5.85. The predicted molar refractivity (Wildman–Crippen MR) is 80.0 cm³/mol. The maximum absolute atomic E-state index is 12.1. The molecule has 5 nitrogen and oxygen atoms in total. The molecule has 0 fully saturated rings. The molecule has 20 heavy (non-hydrogen) atoms. The number of carbonyl (C=O) groups is 2. The summed E-state index contributed by atoms with van der Waals surface area (Å²) in [5, 5.41) is 12.2. The van der Waals surface area contributed by atoms with Crippen molar-refractivity contribution < 1.29 is 14.7 Å². The van der Waals surface area contributed by atoms with Crippen molar-refractivity contribution in [3.8, 4) is 0 Å². The zero-order valence-electron chi connectivity index (χ0n) is 11.0. The second-order valence-electron chi connectivity index (χ2n) is 4.60. The molecule has 0 saturated heterocycles. The summed E-state index contributed by atoms with van der Waals surface area (Å²) in [4.78, 5) is 24.2. The third-order valence-corrected chi connectivity index (χ3v) is 3.72. The normalized spacial score (nSPS) is 11.1. The maximum Gasteiger partial charge on any atom is 0.329 e. The lowest BCUT2D eigenvalue weighted by Gasteiger charge is -2.31. The second kappa shape index (κ2) is 6.08. The standard InChI is InChI=1S/C12H13Cl3N2O3/c1-12(2,10(18)19)17(3)11(20)16-9-7(14)4-6(13)5-8(9)15/h4-5H,1-3H3,(H,16,20)(H,18,19). The molecule has 0 atom stereocenters. The lowest BCUT2D eigenvalue weighted by atomic mass is 10.1. The van der Waals surface area contributed by atoms with Gasteiger partial charge in [-0.2, -0.15) is 0 Å². The zero-order valence-corrected chi connectivity index (χ0v) is 13.3. The van der Waals surface area contributed by atoms with Crippen LogP contribution in [0, 0.1) is 0 Å². The van der Waals surface area contributed by atoms with Crippen LogP contribution in [0.1, 0.15) is 13.8 Å². The van der Waals surface area contributed by atoms with Gasteiger partial charge >= 0.3 is 12.0 Å². The highest BCUT2D eigenvalue weighted by Gasteiger charge is 2.35. The summed E-state index contributed by atoms with van der Waals surface area (Å²) >= 11 is 17.6. The molecule has 0 bridgehead atoms. The van der Waals surface area contributed by atoms with Crippen LogP contribution >= 0.6 is 34.8 Å². The van der Waals surface area contributed by atoms with E-state index in [2.05, 4.69) is 5.32 Å². The Labute approximate surface area is 131 Å². The number of rotatable bonds is 3. The number of hydrogen-bond acceptors (Lipinski definition) is 2. The fourth-order valence-corrected chi connectivity index (χ4v) is 2.16. The topological polar surface area (TPSA) is 69.6 Å². The molecule has 1 rings (SSSR count). The van der Waals surface area contributed by atoms with Crippen molar-refractivity contribution in [2.45, 2.75) is 19.4 Å². The lowest BCUT2D eigenvalue weighted by Crippen LogP contribution is -2.52. The highest BCUT2D eigenvalue weighted by molar-refractivity contribution is 6.42. The number of aliphatic carboxylic acids is 1. The van der Waals surface area contributed by atoms with Crippen molar-refractivity contribution in [1.82, 2.24) is 4.90 Å². The van der Waals surface area contributed by atoms with Gasteiger partial charge in [-0.15, -0.1) is 0 Å². The molecule has 1 aromatic carbocycles. The molecule has 2 amide bonds. The molecule has 110 valence electrons. The van der Waals surface area contributed by atoms with Crippen LogP contribution in [0.15, 0.2) is 12.1 Å². The first-order chi connectivity index (χ1) is 9.07. The number of halogens is 3. The Morgan fingerprint density at radius 3 is 2.05 bits per heavy atom. The van der Waals surface area contributed by atoms with Gasteiger partial charge in [-0.25, -0.2) is 9.59 Å². The van der Waals surface area contributed by atoms with Crippen molar-refractivity contribution in [1.29, 1.82) is 0 Å². The number of benzene rings is 1. The van der Waals surface area contributed by atoms with E-state index in [1.165, 1.54) is 33.0 Å². The van der Waals surface area contributed by atoms with Crippen molar-refractivity contribution in [3.63, 3.8) is 0 Å². The quantitative estimate of drug-likeness (QED) is 0.875. The van der Waals surface area contributed by atoms with Gasteiger partial charge in [0.15, 0.2) is 0 Å². The monoisotopic (exact) mass is 338 g/mol. The average Bonchev–Trinajstić information content (AvgIpc) is 2.32. The highest BCUT2D eigenvalue weighted by Crippen LogP contribution is 2.34. The van der Waals surface area contributed by atoms with Crippen LogP contribution in [0.2, 0.25) is 15.1 Å². The average molecular weight is 340 g/mol. The number of anilines is 1. The van der Waals surface area contributed by atoms with Crippen LogP contribution in [0.25, 0.3) is 0 Å². The van der Waals surface area contributed by atoms with E-state index in [1.54, 1.807) is 0 Å². The van der Waals surface area contributed by atoms with E-state index in [4.69, 9.17) is 39.9 Å². The fourth-order valence-electron chi connectivity index (χ4n) is 1.25. The Kier molecular flexibility index (Phi) is 5.13. The maximum atomic E-state index is 12.1. The van der Waals surface area contributed by atoms with Crippen molar-refractivity contribution in [2.24, 2.45) is 0 Å². The molecule has 8 heteroatoms. The minimum atomic E-state index is -1.38. The Morgan fingerprint density at radius 1 is 1.20 bits per heavy atom. The number of hydrogen-bond donors (Lipinski definition) is 2. The molecule has 0 radical (unpaired) electrons. The third kappa shape index (κ3) is 3.48. The molecule has 0 aliphatic rings. The lowest BCUT2D eigenvalue weighted by molar-refractivity contribution is -0.146. The zero-order chi connectivity index (χ0) is 15.7. The fraction of sp³-hybridized carbons (Fsp3) is 0.333. The van der Waals surface area contributed by atoms with E-state index in [9.17, 15) is 9.59 Å². The van der Waals surface area contributed by atoms with E-state index in [1.807, 2.05) is 0 Å². The SMILES string of the molecule is CN(C(=O)Nc1c(Cl)cc(Cl)cc1Cl)C(C)(C)C(=O)O. The molecule has 0 spiro atoms. The smallest absolute Gasteiger partial charge is 0.329 e. The minimum absolute atomic E-state index is 0.164. The van der Waals surface area contributed by atoms with Crippen molar-refractivity contribution in [2.75, 3.05) is 12.4 Å². The van der Waals surface area contributed by atoms with Crippen LogP contribution in [-0.4, -0.2) is 34.6 Å². The highest BCUT2D eigenvalue weighted by atomic mass is 35.5. The van der Waals surface area contributed by atoms with E-state index < -0.39 is 17.5 Å². The van der Waals surface area contributed by atoms with E-state index in [0.717, 1.165) is 4.90 Å². The largest absolute Gasteiger partial charge is 0.480 e. The molecular weight excluding hydrogens is 327 g/mol. The summed E-state index contributed by atoms with van der Waals surface area (Å²) in [7, 11) is 1.36. The van der Waals surface area contributed by atoms with Gasteiger partial charge in [0, 0.05) is 12.1 Å². The number of carboxylic acid groups (broad SMARTS) is 1. The van der Waals surface area contributed by atoms with Crippen molar-refractivity contribution >= 4 is 52.5 Å². The van der Waals surface area contributed by atoms with Crippen LogP contribution in [0.3, 0.4) is 0 Å². The van der Waals surface area contributed by atoms with Crippen LogP contribution in [0.4, 0.5) is 10.5 Å². The van der Waals surface area contributed by atoms with Gasteiger partial charge in [0.05, 0.1) is 15.7 Å². The summed E-state index contributed by atoms with van der Waals surface area (Å²) in [6.45, 7) is 2.81. The summed E-state index contributed by atoms with van der Waals surface area (Å²) in [5.41, 5.74) is -1.20. The molecule has 2 N–H and O–H groups in total. The Morgan fingerprint density at radius 2 is 1.65 bits per heavy atom. The summed E-state index contributed by atoms with van der Waals surface area (Å²) < 4.78 is 0. The minimum Gasteiger partial charge on any atom is -0.480 e. The van der Waals surface area contributed by atoms with Gasteiger partial charge in [-0.3, -0.25) is 0 Å². The van der Waals surface area contributed by atoms with Gasteiger partial charge in [-0.05, 0) is 26.0 Å². The number of urea groups is 1. The van der Waals surface area contributed by atoms with Gasteiger partial charge < -0.3 is 15.3 Å². The predicted octanol–water partition coefficient (Wildman–Crippen LogP) is 3.97. The van der Waals surface area contributed by atoms with Gasteiger partial charge in [0.2, 0.25) is 0 Å². The molecule has 0 aliphatic carbocycles. The number of nitrogens with one attached hydrogen (secondary N) is 1. The number of amides is 2. The first-order valence-electron chi connectivity index (χ1n) is 5.50. The summed E-state index contributed by atoms with van der Waals surface area (Å²) in [6.07, 6.45) is 0. The number of nitrogens with zero attached hydrogens (tertiary/aromatic N) is 1. The van der Waals surface area contributed by atoms with Crippen LogP contribution < -0.4 is 5.32 Å². The number of carboxylic acids is 1. The summed E-state index contributed by atoms with van der Waals surface area (Å²) in [5.74, 6) is -1.14. The van der Waals surface area contributed by atoms with E-state index in [-0.39, 0.29) is 15.7 Å². The van der Waals surface area contributed by atoms with Crippen molar-refractivity contribution in [3.05, 3.63) is 27.2 Å². The van der Waals surface area contributed by atoms with Crippen LogP contribution in [-0.2, 0) is 4.79 Å². The van der Waals surface area contributed by atoms with Gasteiger partial charge in [-0.1, -0.05) is 34.8 Å². The third-order valence-electron chi connectivity index (χ3n) is 2.91. The molecule has 0 aromatic heterocycles. The number of likely N-dealkylation sites (N-methyl/N-ethyl adjacent to an activating group) is 1. The van der Waals surface area contributed by atoms with Gasteiger partial charge in [0.25, 0.3) is 0 Å². The van der Waals surface area contributed by atoms with Crippen LogP contribution in [0.5, 0.6) is 0 Å². The molecule has 0 heterocycles. The summed E-state index contributed by atoms with van der Waals surface area (Å²) in [6, 6.07) is 2.20. The Balaban J connectivity index is 3.00. The first kappa shape index (κ1) is 16.9. The molecular formula is C12H13Cl3N2O3. The number of carbonyl (C=O) groups excluding carboxylic acids is 1. The Hall–Kier alpha value is -1.17. The van der Waals surface area contributed by atoms with E-state index >= 15 is 0 Å². The molecule has 1 aromatic rings. The molecule has 0 saturated carbocycles. The first-order valence-corrected chi connectivity index (χ1v) is 6.63. The van der Waals surface area contributed by atoms with E-state index in [0.29, 0.717) is 5.02 Å². The molecule has 0 unspecified atom stereocenters. The Bertz CT molecular complexity index is 538. The molecule has 0 aliphatic heterocycles.